The number of aromatic nitrogens is 1. The Bertz CT molecular complexity index is 1020. The van der Waals surface area contributed by atoms with Crippen LogP contribution in [0.2, 0.25) is 0 Å². The number of benzene rings is 1. The largest absolute Gasteiger partial charge is 0.368 e. The maximum atomic E-state index is 13.4. The van der Waals surface area contributed by atoms with E-state index in [9.17, 15) is 14.4 Å². The van der Waals surface area contributed by atoms with Crippen molar-refractivity contribution in [2.24, 2.45) is 0 Å². The van der Waals surface area contributed by atoms with Crippen LogP contribution in [0.5, 0.6) is 0 Å². The monoisotopic (exact) mass is 439 g/mol. The van der Waals surface area contributed by atoms with Crippen molar-refractivity contribution in [1.82, 2.24) is 25.0 Å². The van der Waals surface area contributed by atoms with Gasteiger partial charge in [-0.25, -0.2) is 4.98 Å². The molecule has 2 fully saturated rings. The quantitative estimate of drug-likeness (QED) is 0.752. The number of morpholine rings is 1. The highest BCUT2D eigenvalue weighted by atomic mass is 16.5. The number of nitrogens with zero attached hydrogens (tertiary/aromatic N) is 4. The van der Waals surface area contributed by atoms with Crippen molar-refractivity contribution >= 4 is 28.6 Å². The Labute approximate surface area is 187 Å². The van der Waals surface area contributed by atoms with Crippen LogP contribution in [0, 0.1) is 0 Å². The average molecular weight is 440 g/mol. The van der Waals surface area contributed by atoms with Crippen molar-refractivity contribution in [2.45, 2.75) is 13.0 Å². The maximum absolute atomic E-state index is 13.4. The molecule has 1 atom stereocenters. The zero-order valence-electron chi connectivity index (χ0n) is 18.5. The summed E-state index contributed by atoms with van der Waals surface area (Å²) in [5.41, 5.74) is 1.98. The molecule has 0 radical (unpaired) electrons. The van der Waals surface area contributed by atoms with E-state index in [2.05, 4.69) is 17.3 Å². The van der Waals surface area contributed by atoms with E-state index in [-0.39, 0.29) is 24.3 Å². The molecule has 2 aliphatic rings. The lowest BCUT2D eigenvalue weighted by Gasteiger charge is -2.34. The van der Waals surface area contributed by atoms with Crippen molar-refractivity contribution in [3.05, 3.63) is 41.6 Å². The third kappa shape index (κ3) is 4.89. The van der Waals surface area contributed by atoms with Gasteiger partial charge >= 0.3 is 0 Å². The van der Waals surface area contributed by atoms with Crippen LogP contribution in [-0.2, 0) is 14.3 Å². The summed E-state index contributed by atoms with van der Waals surface area (Å²) in [6, 6.07) is 9.43. The smallest absolute Gasteiger partial charge is 0.254 e. The molecule has 3 heterocycles. The second-order valence-electron chi connectivity index (χ2n) is 8.32. The van der Waals surface area contributed by atoms with Gasteiger partial charge in [0.1, 0.15) is 6.10 Å². The van der Waals surface area contributed by atoms with Gasteiger partial charge in [0.15, 0.2) is 0 Å². The first-order valence-electron chi connectivity index (χ1n) is 10.9. The molecule has 2 aromatic rings. The van der Waals surface area contributed by atoms with Gasteiger partial charge in [-0.1, -0.05) is 18.2 Å². The fourth-order valence-electron chi connectivity index (χ4n) is 4.08. The SMILES string of the molecule is CC(=O)NCC(=O)N1CCO[C@H](c2cc(C(=O)N3CCN(C)CC3)c3ccccc3n2)C1. The molecule has 1 aromatic carbocycles. The van der Waals surface area contributed by atoms with E-state index < -0.39 is 6.10 Å². The number of hydrogen-bond donors (Lipinski definition) is 1. The Morgan fingerprint density at radius 2 is 1.84 bits per heavy atom. The minimum atomic E-state index is -0.436. The number of para-hydroxylation sites is 1. The zero-order valence-corrected chi connectivity index (χ0v) is 18.5. The predicted octanol–water partition coefficient (Wildman–Crippen LogP) is 0.658. The molecular weight excluding hydrogens is 410 g/mol. The van der Waals surface area contributed by atoms with Crippen LogP contribution in [0.4, 0.5) is 0 Å². The fraction of sp³-hybridized carbons (Fsp3) is 0.478. The van der Waals surface area contributed by atoms with Crippen LogP contribution < -0.4 is 5.32 Å². The Hall–Kier alpha value is -3.04. The van der Waals surface area contributed by atoms with Gasteiger partial charge in [-0.15, -0.1) is 0 Å². The Morgan fingerprint density at radius 3 is 2.59 bits per heavy atom. The number of likely N-dealkylation sites (N-methyl/N-ethyl adjacent to an activating group) is 1. The summed E-state index contributed by atoms with van der Waals surface area (Å²) in [4.78, 5) is 47.5. The highest BCUT2D eigenvalue weighted by Gasteiger charge is 2.29. The second kappa shape index (κ2) is 9.62. The number of rotatable bonds is 4. The van der Waals surface area contributed by atoms with E-state index in [1.165, 1.54) is 6.92 Å². The molecule has 170 valence electrons. The lowest BCUT2D eigenvalue weighted by atomic mass is 10.0. The molecule has 4 rings (SSSR count). The Balaban J connectivity index is 1.59. The molecule has 2 saturated heterocycles. The average Bonchev–Trinajstić information content (AvgIpc) is 2.82. The first kappa shape index (κ1) is 22.2. The van der Waals surface area contributed by atoms with E-state index >= 15 is 0 Å². The van der Waals surface area contributed by atoms with Gasteiger partial charge in [0.05, 0.1) is 36.5 Å². The third-order valence-corrected chi connectivity index (χ3v) is 5.99. The fourth-order valence-corrected chi connectivity index (χ4v) is 4.08. The van der Waals surface area contributed by atoms with Crippen LogP contribution in [-0.4, -0.2) is 96.9 Å². The number of amides is 3. The molecule has 1 N–H and O–H groups in total. The van der Waals surface area contributed by atoms with Gasteiger partial charge in [-0.3, -0.25) is 14.4 Å². The van der Waals surface area contributed by atoms with Crippen molar-refractivity contribution < 1.29 is 19.1 Å². The molecule has 3 amide bonds. The first-order chi connectivity index (χ1) is 15.4. The molecule has 9 heteroatoms. The predicted molar refractivity (Wildman–Crippen MR) is 119 cm³/mol. The Morgan fingerprint density at radius 1 is 1.09 bits per heavy atom. The van der Waals surface area contributed by atoms with Crippen LogP contribution in [0.25, 0.3) is 10.9 Å². The molecule has 0 spiro atoms. The van der Waals surface area contributed by atoms with Crippen molar-refractivity contribution in [1.29, 1.82) is 0 Å². The molecule has 1 aromatic heterocycles. The summed E-state index contributed by atoms with van der Waals surface area (Å²) in [7, 11) is 2.06. The van der Waals surface area contributed by atoms with Crippen LogP contribution in [0.15, 0.2) is 30.3 Å². The van der Waals surface area contributed by atoms with E-state index in [1.54, 1.807) is 4.90 Å². The number of carbonyl (C=O) groups excluding carboxylic acids is 3. The van der Waals surface area contributed by atoms with Gasteiger partial charge < -0.3 is 24.8 Å². The van der Waals surface area contributed by atoms with E-state index in [0.29, 0.717) is 44.0 Å². The number of nitrogens with one attached hydrogen (secondary N) is 1. The number of carbonyl (C=O) groups is 3. The lowest BCUT2D eigenvalue weighted by molar-refractivity contribution is -0.139. The van der Waals surface area contributed by atoms with Gasteiger partial charge in [-0.2, -0.15) is 0 Å². The maximum Gasteiger partial charge on any atom is 0.254 e. The van der Waals surface area contributed by atoms with E-state index in [0.717, 1.165) is 24.0 Å². The molecule has 32 heavy (non-hydrogen) atoms. The van der Waals surface area contributed by atoms with Crippen molar-refractivity contribution in [3.63, 3.8) is 0 Å². The topological polar surface area (TPSA) is 95.1 Å². The molecule has 0 saturated carbocycles. The number of piperazine rings is 1. The summed E-state index contributed by atoms with van der Waals surface area (Å²) in [6.07, 6.45) is -0.436. The molecule has 2 aliphatic heterocycles. The normalized spacial score (nSPS) is 19.8. The molecule has 0 bridgehead atoms. The van der Waals surface area contributed by atoms with Crippen LogP contribution in [0.3, 0.4) is 0 Å². The summed E-state index contributed by atoms with van der Waals surface area (Å²) >= 11 is 0. The van der Waals surface area contributed by atoms with Crippen molar-refractivity contribution in [3.8, 4) is 0 Å². The number of hydrogen-bond acceptors (Lipinski definition) is 6. The van der Waals surface area contributed by atoms with Crippen LogP contribution >= 0.6 is 0 Å². The molecule has 9 nitrogen and oxygen atoms in total. The van der Waals surface area contributed by atoms with E-state index in [1.807, 2.05) is 35.2 Å². The van der Waals surface area contributed by atoms with Gasteiger partial charge in [0.2, 0.25) is 11.8 Å². The summed E-state index contributed by atoms with van der Waals surface area (Å²) in [5.74, 6) is -0.415. The van der Waals surface area contributed by atoms with Crippen molar-refractivity contribution in [2.75, 3.05) is 59.5 Å². The molecule has 0 aliphatic carbocycles. The Kier molecular flexibility index (Phi) is 6.66. The summed E-state index contributed by atoms with van der Waals surface area (Å²) in [6.45, 7) is 5.55. The standard InChI is InChI=1S/C23H29N5O4/c1-16(29)24-14-22(30)28-11-12-32-21(15-28)20-13-18(17-5-3-4-6-19(17)25-20)23(31)27-9-7-26(2)8-10-27/h3-6,13,21H,7-12,14-15H2,1-2H3,(H,24,29)/t21-/m0/s1. The van der Waals surface area contributed by atoms with Crippen LogP contribution in [0.1, 0.15) is 29.1 Å². The summed E-state index contributed by atoms with van der Waals surface area (Å²) in [5, 5.41) is 3.36. The van der Waals surface area contributed by atoms with Gasteiger partial charge in [0.25, 0.3) is 5.91 Å². The third-order valence-electron chi connectivity index (χ3n) is 5.99. The summed E-state index contributed by atoms with van der Waals surface area (Å²) < 4.78 is 5.94. The highest BCUT2D eigenvalue weighted by Crippen LogP contribution is 2.27. The van der Waals surface area contributed by atoms with Gasteiger partial charge in [0, 0.05) is 45.0 Å². The van der Waals surface area contributed by atoms with Gasteiger partial charge in [-0.05, 0) is 19.2 Å². The minimum absolute atomic E-state index is 0.00708. The minimum Gasteiger partial charge on any atom is -0.368 e. The lowest BCUT2D eigenvalue weighted by Crippen LogP contribution is -2.47. The number of fused-ring (bicyclic) bond motifs is 1. The zero-order chi connectivity index (χ0) is 22.7. The highest BCUT2D eigenvalue weighted by molar-refractivity contribution is 6.06. The first-order valence-corrected chi connectivity index (χ1v) is 10.9. The molecular formula is C23H29N5O4. The second-order valence-corrected chi connectivity index (χ2v) is 8.32. The van der Waals surface area contributed by atoms with E-state index in [4.69, 9.17) is 9.72 Å². The molecule has 0 unspecified atom stereocenters. The number of pyridine rings is 1. The number of ether oxygens (including phenoxy) is 1.